The summed E-state index contributed by atoms with van der Waals surface area (Å²) in [5.74, 6) is 1.48. The van der Waals surface area contributed by atoms with Gasteiger partial charge in [0, 0.05) is 12.2 Å². The molecule has 0 amide bonds. The zero-order valence-corrected chi connectivity index (χ0v) is 12.7. The number of hydrogen-bond acceptors (Lipinski definition) is 6. The highest BCUT2D eigenvalue weighted by Crippen LogP contribution is 2.38. The minimum atomic E-state index is -3.45. The van der Waals surface area contributed by atoms with Gasteiger partial charge in [-0.25, -0.2) is 13.4 Å². The Morgan fingerprint density at radius 3 is 2.77 bits per heavy atom. The average Bonchev–Trinajstić information content (AvgIpc) is 3.10. The van der Waals surface area contributed by atoms with Gasteiger partial charge < -0.3 is 9.09 Å². The number of benzene rings is 1. The molecule has 3 aromatic rings. The molecule has 1 aliphatic carbocycles. The van der Waals surface area contributed by atoms with Gasteiger partial charge in [-0.2, -0.15) is 4.98 Å². The van der Waals surface area contributed by atoms with Crippen LogP contribution in [0.1, 0.15) is 30.5 Å². The number of nitrogens with zero attached hydrogens (tertiary/aromatic N) is 4. The number of para-hydroxylation sites is 2. The molecule has 1 aliphatic rings. The van der Waals surface area contributed by atoms with Crippen LogP contribution in [0.4, 0.5) is 0 Å². The minimum absolute atomic E-state index is 0.0199. The molecule has 1 saturated carbocycles. The first-order valence-corrected chi connectivity index (χ1v) is 8.89. The Bertz CT molecular complexity index is 954. The van der Waals surface area contributed by atoms with E-state index in [0.717, 1.165) is 24.6 Å². The van der Waals surface area contributed by atoms with Gasteiger partial charge in [0.15, 0.2) is 5.82 Å². The molecule has 2 aromatic heterocycles. The van der Waals surface area contributed by atoms with Gasteiger partial charge in [0.2, 0.25) is 20.9 Å². The first-order valence-electron chi connectivity index (χ1n) is 7.00. The van der Waals surface area contributed by atoms with Crippen LogP contribution >= 0.6 is 0 Å². The standard InChI is InChI=1S/C14H14N4O3S/c1-22(19,20)14-15-10-4-2-3-5-11(10)18(14)8-12-16-13(21-17-12)9-6-7-9/h2-5,9H,6-8H2,1H3. The van der Waals surface area contributed by atoms with Crippen molar-refractivity contribution < 1.29 is 12.9 Å². The fourth-order valence-electron chi connectivity index (χ4n) is 2.46. The van der Waals surface area contributed by atoms with E-state index >= 15 is 0 Å². The maximum Gasteiger partial charge on any atom is 0.229 e. The molecule has 0 bridgehead atoms. The lowest BCUT2D eigenvalue weighted by Gasteiger charge is -2.04. The van der Waals surface area contributed by atoms with Crippen molar-refractivity contribution >= 4 is 20.9 Å². The first-order chi connectivity index (χ1) is 10.5. The number of fused-ring (bicyclic) bond motifs is 1. The van der Waals surface area contributed by atoms with E-state index in [1.165, 1.54) is 0 Å². The highest BCUT2D eigenvalue weighted by atomic mass is 32.2. The Morgan fingerprint density at radius 2 is 2.05 bits per heavy atom. The Balaban J connectivity index is 1.81. The third-order valence-electron chi connectivity index (χ3n) is 3.66. The Morgan fingerprint density at radius 1 is 1.27 bits per heavy atom. The SMILES string of the molecule is CS(=O)(=O)c1nc2ccccc2n1Cc1noc(C2CC2)n1. The second kappa shape index (κ2) is 4.64. The number of sulfone groups is 1. The number of rotatable bonds is 4. The summed E-state index contributed by atoms with van der Waals surface area (Å²) in [7, 11) is -3.45. The Kier molecular flexibility index (Phi) is 2.83. The average molecular weight is 318 g/mol. The highest BCUT2D eigenvalue weighted by Gasteiger charge is 2.30. The van der Waals surface area contributed by atoms with E-state index in [9.17, 15) is 8.42 Å². The fraction of sp³-hybridized carbons (Fsp3) is 0.357. The molecular weight excluding hydrogens is 304 g/mol. The molecule has 0 aliphatic heterocycles. The van der Waals surface area contributed by atoms with Gasteiger partial charge in [0.25, 0.3) is 0 Å². The third-order valence-corrected chi connectivity index (χ3v) is 4.64. The zero-order valence-electron chi connectivity index (χ0n) is 11.9. The molecule has 0 saturated heterocycles. The molecule has 8 heteroatoms. The van der Waals surface area contributed by atoms with Crippen molar-refractivity contribution in [3.63, 3.8) is 0 Å². The maximum atomic E-state index is 12.0. The predicted molar refractivity (Wildman–Crippen MR) is 78.2 cm³/mol. The third kappa shape index (κ3) is 2.29. The van der Waals surface area contributed by atoms with Crippen molar-refractivity contribution in [2.45, 2.75) is 30.5 Å². The molecule has 22 heavy (non-hydrogen) atoms. The smallest absolute Gasteiger partial charge is 0.229 e. The largest absolute Gasteiger partial charge is 0.339 e. The van der Waals surface area contributed by atoms with Crippen molar-refractivity contribution in [1.29, 1.82) is 0 Å². The number of hydrogen-bond donors (Lipinski definition) is 0. The quantitative estimate of drug-likeness (QED) is 0.728. The Hall–Kier alpha value is -2.22. The lowest BCUT2D eigenvalue weighted by molar-refractivity contribution is 0.372. The second-order valence-corrected chi connectivity index (χ2v) is 7.47. The van der Waals surface area contributed by atoms with Crippen LogP contribution in [0.5, 0.6) is 0 Å². The summed E-state index contributed by atoms with van der Waals surface area (Å²) in [6.07, 6.45) is 3.30. The van der Waals surface area contributed by atoms with E-state index in [-0.39, 0.29) is 11.7 Å². The van der Waals surface area contributed by atoms with Gasteiger partial charge in [-0.05, 0) is 25.0 Å². The van der Waals surface area contributed by atoms with E-state index in [1.54, 1.807) is 10.6 Å². The zero-order chi connectivity index (χ0) is 15.3. The highest BCUT2D eigenvalue weighted by molar-refractivity contribution is 7.90. The van der Waals surface area contributed by atoms with Crippen LogP contribution in [0.25, 0.3) is 11.0 Å². The van der Waals surface area contributed by atoms with Crippen LogP contribution in [0.15, 0.2) is 33.9 Å². The summed E-state index contributed by atoms with van der Waals surface area (Å²) in [6.45, 7) is 0.221. The Labute approximate surface area is 126 Å². The van der Waals surface area contributed by atoms with E-state index in [1.807, 2.05) is 18.2 Å². The van der Waals surface area contributed by atoms with Gasteiger partial charge >= 0.3 is 0 Å². The molecule has 0 radical (unpaired) electrons. The minimum Gasteiger partial charge on any atom is -0.339 e. The van der Waals surface area contributed by atoms with Gasteiger partial charge in [-0.1, -0.05) is 17.3 Å². The summed E-state index contributed by atoms with van der Waals surface area (Å²) >= 11 is 0. The lowest BCUT2D eigenvalue weighted by atomic mass is 10.3. The number of aromatic nitrogens is 4. The summed E-state index contributed by atoms with van der Waals surface area (Å²) in [5.41, 5.74) is 1.37. The van der Waals surface area contributed by atoms with Crippen LogP contribution in [0.2, 0.25) is 0 Å². The molecule has 114 valence electrons. The van der Waals surface area contributed by atoms with Gasteiger partial charge in [0.05, 0.1) is 17.6 Å². The van der Waals surface area contributed by atoms with Crippen LogP contribution in [0.3, 0.4) is 0 Å². The first kappa shape index (κ1) is 13.4. The molecule has 0 unspecified atom stereocenters. The molecule has 0 spiro atoms. The van der Waals surface area contributed by atoms with E-state index in [2.05, 4.69) is 15.1 Å². The molecule has 1 aromatic carbocycles. The lowest BCUT2D eigenvalue weighted by Crippen LogP contribution is -2.11. The van der Waals surface area contributed by atoms with Gasteiger partial charge in [-0.15, -0.1) is 0 Å². The van der Waals surface area contributed by atoms with E-state index in [0.29, 0.717) is 23.1 Å². The normalized spacial score (nSPS) is 15.5. The molecule has 4 rings (SSSR count). The predicted octanol–water partition coefficient (Wildman–Crippen LogP) is 1.75. The maximum absolute atomic E-state index is 12.0. The van der Waals surface area contributed by atoms with Crippen molar-refractivity contribution in [1.82, 2.24) is 19.7 Å². The molecule has 0 N–H and O–H groups in total. The molecule has 2 heterocycles. The van der Waals surface area contributed by atoms with E-state index < -0.39 is 9.84 Å². The van der Waals surface area contributed by atoms with Gasteiger partial charge in [0.1, 0.15) is 0 Å². The molecule has 7 nitrogen and oxygen atoms in total. The second-order valence-electron chi connectivity index (χ2n) is 5.56. The number of imidazole rings is 1. The van der Waals surface area contributed by atoms with Crippen molar-refractivity contribution in [3.8, 4) is 0 Å². The monoisotopic (exact) mass is 318 g/mol. The summed E-state index contributed by atoms with van der Waals surface area (Å²) in [6, 6.07) is 7.29. The molecule has 0 atom stereocenters. The van der Waals surface area contributed by atoms with Crippen molar-refractivity contribution in [3.05, 3.63) is 36.0 Å². The van der Waals surface area contributed by atoms with Crippen LogP contribution < -0.4 is 0 Å². The van der Waals surface area contributed by atoms with Crippen LogP contribution in [-0.2, 0) is 16.4 Å². The van der Waals surface area contributed by atoms with Gasteiger partial charge in [-0.3, -0.25) is 0 Å². The summed E-state index contributed by atoms with van der Waals surface area (Å²) in [4.78, 5) is 8.58. The fourth-order valence-corrected chi connectivity index (χ4v) is 3.29. The molecule has 1 fully saturated rings. The van der Waals surface area contributed by atoms with Crippen molar-refractivity contribution in [2.75, 3.05) is 6.26 Å². The topological polar surface area (TPSA) is 90.9 Å². The summed E-state index contributed by atoms with van der Waals surface area (Å²) in [5, 5.41) is 3.97. The summed E-state index contributed by atoms with van der Waals surface area (Å²) < 4.78 is 30.8. The van der Waals surface area contributed by atoms with E-state index in [4.69, 9.17) is 4.52 Å². The van der Waals surface area contributed by atoms with Crippen molar-refractivity contribution in [2.24, 2.45) is 0 Å². The van der Waals surface area contributed by atoms with Crippen LogP contribution in [0, 0.1) is 0 Å². The molecular formula is C14H14N4O3S. The van der Waals surface area contributed by atoms with Crippen LogP contribution in [-0.4, -0.2) is 34.4 Å².